The predicted molar refractivity (Wildman–Crippen MR) is 129 cm³/mol. The number of rotatable bonds is 9. The molecule has 0 amide bonds. The molecule has 0 N–H and O–H groups in total. The molecule has 0 radical (unpaired) electrons. The van der Waals surface area contributed by atoms with Gasteiger partial charge in [-0.2, -0.15) is 0 Å². The molecule has 4 atom stereocenters. The Hall–Kier alpha value is -2.82. The van der Waals surface area contributed by atoms with Gasteiger partial charge in [-0.15, -0.1) is 0 Å². The zero-order chi connectivity index (χ0) is 22.9. The van der Waals surface area contributed by atoms with Crippen molar-refractivity contribution in [1.29, 1.82) is 0 Å². The van der Waals surface area contributed by atoms with Crippen molar-refractivity contribution in [2.75, 3.05) is 27.4 Å². The molecular formula is C29H32O4. The van der Waals surface area contributed by atoms with Crippen molar-refractivity contribution >= 4 is 0 Å². The second-order valence-electron chi connectivity index (χ2n) is 9.27. The summed E-state index contributed by atoms with van der Waals surface area (Å²) in [5.74, 6) is 2.19. The van der Waals surface area contributed by atoms with Gasteiger partial charge in [-0.1, -0.05) is 54.6 Å². The molecule has 2 fully saturated rings. The van der Waals surface area contributed by atoms with Gasteiger partial charge in [-0.25, -0.2) is 0 Å². The van der Waals surface area contributed by atoms with Gasteiger partial charge in [0.05, 0.1) is 39.1 Å². The first-order valence-electron chi connectivity index (χ1n) is 11.7. The Labute approximate surface area is 196 Å². The summed E-state index contributed by atoms with van der Waals surface area (Å²) in [6, 6.07) is 27.2. The van der Waals surface area contributed by atoms with Gasteiger partial charge in [0.1, 0.15) is 11.5 Å². The molecule has 0 spiro atoms. The second-order valence-corrected chi connectivity index (χ2v) is 9.27. The minimum absolute atomic E-state index is 0.0632. The Morgan fingerprint density at radius 3 is 2.12 bits per heavy atom. The maximum Gasteiger partial charge on any atom is 0.118 e. The van der Waals surface area contributed by atoms with Crippen LogP contribution in [0.1, 0.15) is 36.1 Å². The first-order chi connectivity index (χ1) is 16.1. The minimum atomic E-state index is -0.429. The van der Waals surface area contributed by atoms with E-state index in [-0.39, 0.29) is 11.5 Å². The lowest BCUT2D eigenvalue weighted by molar-refractivity contribution is -0.108. The largest absolute Gasteiger partial charge is 0.497 e. The van der Waals surface area contributed by atoms with E-state index in [4.69, 9.17) is 18.9 Å². The van der Waals surface area contributed by atoms with Crippen LogP contribution in [0.3, 0.4) is 0 Å². The molecule has 1 aliphatic carbocycles. The molecule has 0 aromatic heterocycles. The topological polar surface area (TPSA) is 36.9 Å². The summed E-state index contributed by atoms with van der Waals surface area (Å²) < 4.78 is 24.1. The van der Waals surface area contributed by atoms with Crippen molar-refractivity contribution in [2.24, 2.45) is 11.3 Å². The lowest BCUT2D eigenvalue weighted by Gasteiger charge is -2.40. The van der Waals surface area contributed by atoms with Crippen molar-refractivity contribution < 1.29 is 18.9 Å². The van der Waals surface area contributed by atoms with Crippen LogP contribution in [0.2, 0.25) is 0 Å². The van der Waals surface area contributed by atoms with E-state index >= 15 is 0 Å². The Bertz CT molecular complexity index is 1060. The highest BCUT2D eigenvalue weighted by atomic mass is 16.5. The van der Waals surface area contributed by atoms with Gasteiger partial charge >= 0.3 is 0 Å². The predicted octanol–water partition coefficient (Wildman–Crippen LogP) is 5.96. The van der Waals surface area contributed by atoms with Gasteiger partial charge in [-0.3, -0.25) is 0 Å². The van der Waals surface area contributed by atoms with E-state index < -0.39 is 5.60 Å². The third kappa shape index (κ3) is 3.81. The van der Waals surface area contributed by atoms with Crippen molar-refractivity contribution in [3.8, 4) is 11.5 Å². The zero-order valence-corrected chi connectivity index (χ0v) is 19.6. The highest BCUT2D eigenvalue weighted by molar-refractivity contribution is 5.40. The van der Waals surface area contributed by atoms with E-state index in [1.807, 2.05) is 24.3 Å². The number of fused-ring (bicyclic) bond motifs is 1. The quantitative estimate of drug-likeness (QED) is 0.408. The second kappa shape index (κ2) is 8.85. The summed E-state index contributed by atoms with van der Waals surface area (Å²) in [7, 11) is 3.39. The van der Waals surface area contributed by atoms with Crippen LogP contribution in [0.25, 0.3) is 0 Å². The molecule has 3 aromatic carbocycles. The molecule has 1 saturated carbocycles. The summed E-state index contributed by atoms with van der Waals surface area (Å²) in [4.78, 5) is 0. The smallest absolute Gasteiger partial charge is 0.118 e. The fourth-order valence-corrected chi connectivity index (χ4v) is 5.64. The van der Waals surface area contributed by atoms with E-state index in [1.54, 1.807) is 14.2 Å². The number of methoxy groups -OCH3 is 2. The zero-order valence-electron chi connectivity index (χ0n) is 19.6. The SMILES string of the molecule is COc1ccc([C@@H](OCCc2ccccc2)[C@@]23C[C@@H]2CO[C@]3(C)c2ccc(OC)cc2)cc1. The lowest BCUT2D eigenvalue weighted by atomic mass is 9.74. The van der Waals surface area contributed by atoms with E-state index in [9.17, 15) is 0 Å². The summed E-state index contributed by atoms with van der Waals surface area (Å²) in [6.07, 6.45) is 1.91. The summed E-state index contributed by atoms with van der Waals surface area (Å²) >= 11 is 0. The van der Waals surface area contributed by atoms with Gasteiger partial charge in [0, 0.05) is 5.41 Å². The van der Waals surface area contributed by atoms with Crippen molar-refractivity contribution in [1.82, 2.24) is 0 Å². The Morgan fingerprint density at radius 2 is 1.52 bits per heavy atom. The first-order valence-corrected chi connectivity index (χ1v) is 11.7. The molecule has 1 heterocycles. The average molecular weight is 445 g/mol. The normalized spacial score (nSPS) is 26.5. The molecule has 1 saturated heterocycles. The number of ether oxygens (including phenoxy) is 4. The third-order valence-electron chi connectivity index (χ3n) is 7.66. The van der Waals surface area contributed by atoms with Crippen LogP contribution in [0, 0.1) is 11.3 Å². The van der Waals surface area contributed by atoms with Crippen LogP contribution < -0.4 is 9.47 Å². The average Bonchev–Trinajstić information content (AvgIpc) is 3.54. The Kier molecular flexibility index (Phi) is 5.90. The van der Waals surface area contributed by atoms with Crippen LogP contribution >= 0.6 is 0 Å². The third-order valence-corrected chi connectivity index (χ3v) is 7.66. The van der Waals surface area contributed by atoms with Crippen LogP contribution in [0.4, 0.5) is 0 Å². The highest BCUT2D eigenvalue weighted by Crippen LogP contribution is 2.75. The molecule has 1 aliphatic heterocycles. The molecule has 33 heavy (non-hydrogen) atoms. The van der Waals surface area contributed by atoms with E-state index in [0.717, 1.165) is 30.9 Å². The monoisotopic (exact) mass is 444 g/mol. The number of hydrogen-bond donors (Lipinski definition) is 0. The standard InChI is InChI=1S/C29H32O4/c1-28(23-11-15-26(31-3)16-12-23)29(19-24(29)20-33-28)27(22-9-13-25(30-2)14-10-22)32-18-17-21-7-5-4-6-8-21/h4-16,24,27H,17-20H2,1-3H3/t24-,27-,28-,29-/m1/s1. The molecule has 3 aromatic rings. The van der Waals surface area contributed by atoms with E-state index in [2.05, 4.69) is 61.5 Å². The van der Waals surface area contributed by atoms with Crippen LogP contribution in [0.15, 0.2) is 78.9 Å². The maximum absolute atomic E-state index is 6.75. The molecule has 0 unspecified atom stereocenters. The fourth-order valence-electron chi connectivity index (χ4n) is 5.64. The van der Waals surface area contributed by atoms with Crippen LogP contribution in [-0.2, 0) is 21.5 Å². The van der Waals surface area contributed by atoms with Gasteiger partial charge in [0.25, 0.3) is 0 Å². The first kappa shape index (κ1) is 22.0. The summed E-state index contributed by atoms with van der Waals surface area (Å²) in [5.41, 5.74) is 3.11. The number of hydrogen-bond acceptors (Lipinski definition) is 4. The maximum atomic E-state index is 6.75. The lowest BCUT2D eigenvalue weighted by Crippen LogP contribution is -2.38. The Balaban J connectivity index is 1.47. The minimum Gasteiger partial charge on any atom is -0.497 e. The van der Waals surface area contributed by atoms with Crippen LogP contribution in [-0.4, -0.2) is 27.4 Å². The summed E-state index contributed by atoms with van der Waals surface area (Å²) in [5, 5.41) is 0. The molecule has 0 bridgehead atoms. The van der Waals surface area contributed by atoms with Crippen molar-refractivity contribution in [3.63, 3.8) is 0 Å². The van der Waals surface area contributed by atoms with Gasteiger partial charge < -0.3 is 18.9 Å². The summed E-state index contributed by atoms with van der Waals surface area (Å²) in [6.45, 7) is 3.66. The van der Waals surface area contributed by atoms with E-state index in [1.165, 1.54) is 16.7 Å². The Morgan fingerprint density at radius 1 is 0.879 bits per heavy atom. The fraction of sp³-hybridized carbons (Fsp3) is 0.379. The van der Waals surface area contributed by atoms with Crippen molar-refractivity contribution in [3.05, 3.63) is 95.6 Å². The van der Waals surface area contributed by atoms with Gasteiger partial charge in [0.15, 0.2) is 0 Å². The number of benzene rings is 3. The van der Waals surface area contributed by atoms with Gasteiger partial charge in [0.2, 0.25) is 0 Å². The molecule has 4 nitrogen and oxygen atoms in total. The highest BCUT2D eigenvalue weighted by Gasteiger charge is 2.74. The molecule has 5 rings (SSSR count). The van der Waals surface area contributed by atoms with Crippen LogP contribution in [0.5, 0.6) is 11.5 Å². The van der Waals surface area contributed by atoms with Crippen molar-refractivity contribution in [2.45, 2.75) is 31.5 Å². The molecule has 4 heteroatoms. The molecule has 2 aliphatic rings. The van der Waals surface area contributed by atoms with E-state index in [0.29, 0.717) is 12.5 Å². The molecular weight excluding hydrogens is 412 g/mol. The molecule has 172 valence electrons. The van der Waals surface area contributed by atoms with Gasteiger partial charge in [-0.05, 0) is 66.6 Å².